The highest BCUT2D eigenvalue weighted by Crippen LogP contribution is 2.48. The van der Waals surface area contributed by atoms with Crippen LogP contribution in [0.5, 0.6) is 0 Å². The molecule has 0 aromatic rings. The van der Waals surface area contributed by atoms with Gasteiger partial charge in [-0.05, 0) is 30.0 Å². The monoisotopic (exact) mass is 331 g/mol. The zero-order valence-corrected chi connectivity index (χ0v) is 16.4. The number of amides is 1. The molecular formula is C16H33NO4Si. The summed E-state index contributed by atoms with van der Waals surface area (Å²) in [5, 5.41) is 19.8. The average Bonchev–Trinajstić information content (AvgIpc) is 2.65. The van der Waals surface area contributed by atoms with Gasteiger partial charge in [-0.3, -0.25) is 4.90 Å². The number of rotatable bonds is 3. The molecule has 1 rings (SSSR count). The summed E-state index contributed by atoms with van der Waals surface area (Å²) in [5.74, 6) is 0. The Balaban J connectivity index is 3.27. The molecule has 22 heavy (non-hydrogen) atoms. The van der Waals surface area contributed by atoms with E-state index < -0.39 is 25.4 Å². The molecule has 0 aromatic carbocycles. The van der Waals surface area contributed by atoms with Crippen LogP contribution in [0.1, 0.15) is 48.0 Å². The van der Waals surface area contributed by atoms with E-state index in [1.54, 1.807) is 0 Å². The first-order valence-electron chi connectivity index (χ1n) is 8.00. The van der Waals surface area contributed by atoms with Crippen LogP contribution in [-0.4, -0.2) is 54.3 Å². The SMILES string of the molecule is CC(C)(C)[C@@]1(CO)[C@H](O[Si](C)(C)C(C)(C)C)CCN1C(=O)O. The van der Waals surface area contributed by atoms with E-state index in [4.69, 9.17) is 4.43 Å². The van der Waals surface area contributed by atoms with Gasteiger partial charge < -0.3 is 14.6 Å². The Morgan fingerprint density at radius 1 is 1.27 bits per heavy atom. The van der Waals surface area contributed by atoms with Gasteiger partial charge in [0.05, 0.1) is 18.2 Å². The van der Waals surface area contributed by atoms with Gasteiger partial charge in [0.25, 0.3) is 0 Å². The Bertz CT molecular complexity index is 425. The second-order valence-electron chi connectivity index (χ2n) is 8.92. The molecule has 1 fully saturated rings. The van der Waals surface area contributed by atoms with Crippen LogP contribution >= 0.6 is 0 Å². The van der Waals surface area contributed by atoms with Crippen LogP contribution in [0.25, 0.3) is 0 Å². The number of hydrogen-bond acceptors (Lipinski definition) is 3. The summed E-state index contributed by atoms with van der Waals surface area (Å²) < 4.78 is 6.55. The molecule has 0 aliphatic carbocycles. The van der Waals surface area contributed by atoms with Gasteiger partial charge in [-0.1, -0.05) is 41.5 Å². The fourth-order valence-electron chi connectivity index (χ4n) is 3.13. The summed E-state index contributed by atoms with van der Waals surface area (Å²) in [7, 11) is -2.05. The lowest BCUT2D eigenvalue weighted by Gasteiger charge is -2.51. The number of carbonyl (C=O) groups is 1. The summed E-state index contributed by atoms with van der Waals surface area (Å²) in [5.41, 5.74) is -1.31. The molecule has 5 nitrogen and oxygen atoms in total. The van der Waals surface area contributed by atoms with Crippen LogP contribution in [0.15, 0.2) is 0 Å². The van der Waals surface area contributed by atoms with Gasteiger partial charge in [0, 0.05) is 6.54 Å². The minimum Gasteiger partial charge on any atom is -0.465 e. The van der Waals surface area contributed by atoms with Gasteiger partial charge in [-0.25, -0.2) is 4.79 Å². The third-order valence-electron chi connectivity index (χ3n) is 5.64. The molecule has 1 saturated heterocycles. The van der Waals surface area contributed by atoms with Crippen molar-refractivity contribution < 1.29 is 19.4 Å². The average molecular weight is 332 g/mol. The number of likely N-dealkylation sites (tertiary alicyclic amines) is 1. The van der Waals surface area contributed by atoms with E-state index in [2.05, 4.69) is 33.9 Å². The minimum atomic E-state index is -2.05. The van der Waals surface area contributed by atoms with Crippen LogP contribution in [0, 0.1) is 5.41 Å². The van der Waals surface area contributed by atoms with Crippen molar-refractivity contribution in [2.45, 2.75) is 77.7 Å². The van der Waals surface area contributed by atoms with Crippen molar-refractivity contribution in [3.8, 4) is 0 Å². The van der Waals surface area contributed by atoms with E-state index in [-0.39, 0.29) is 17.7 Å². The minimum absolute atomic E-state index is 0.0444. The maximum absolute atomic E-state index is 11.7. The molecule has 1 heterocycles. The largest absolute Gasteiger partial charge is 0.465 e. The molecule has 130 valence electrons. The number of aliphatic hydroxyl groups is 1. The standard InChI is InChI=1S/C16H33NO4Si/c1-14(2,3)16(11-18)12(9-10-17(16)13(19)20)21-22(7,8)15(4,5)6/h12,18H,9-11H2,1-8H3,(H,19,20)/t12-,16-/m1/s1. The molecular weight excluding hydrogens is 298 g/mol. The fourth-order valence-corrected chi connectivity index (χ4v) is 4.50. The Labute approximate surface area is 135 Å². The summed E-state index contributed by atoms with van der Waals surface area (Å²) in [6.45, 7) is 17.0. The number of carboxylic acid groups (broad SMARTS) is 1. The summed E-state index contributed by atoms with van der Waals surface area (Å²) in [6, 6.07) is 0. The lowest BCUT2D eigenvalue weighted by atomic mass is 9.71. The Hall–Kier alpha value is -0.593. The van der Waals surface area contributed by atoms with Crippen LogP contribution in [-0.2, 0) is 4.43 Å². The fraction of sp³-hybridized carbons (Fsp3) is 0.938. The lowest BCUT2D eigenvalue weighted by molar-refractivity contribution is -0.0676. The quantitative estimate of drug-likeness (QED) is 0.776. The maximum Gasteiger partial charge on any atom is 0.407 e. The van der Waals surface area contributed by atoms with Crippen LogP contribution in [0.4, 0.5) is 4.79 Å². The van der Waals surface area contributed by atoms with E-state index in [0.29, 0.717) is 13.0 Å². The van der Waals surface area contributed by atoms with Crippen molar-refractivity contribution in [3.63, 3.8) is 0 Å². The summed E-state index contributed by atoms with van der Waals surface area (Å²) in [6.07, 6.45) is -0.615. The first-order chi connectivity index (χ1) is 9.70. The highest BCUT2D eigenvalue weighted by molar-refractivity contribution is 6.74. The highest BCUT2D eigenvalue weighted by atomic mass is 28.4. The summed E-state index contributed by atoms with van der Waals surface area (Å²) in [4.78, 5) is 13.1. The Morgan fingerprint density at radius 2 is 1.77 bits per heavy atom. The molecule has 1 aliphatic rings. The van der Waals surface area contributed by atoms with Crippen molar-refractivity contribution >= 4 is 14.4 Å². The van der Waals surface area contributed by atoms with Gasteiger partial charge in [-0.15, -0.1) is 0 Å². The predicted octanol–water partition coefficient (Wildman–Crippen LogP) is 3.54. The van der Waals surface area contributed by atoms with Crippen molar-refractivity contribution in [2.75, 3.05) is 13.2 Å². The smallest absolute Gasteiger partial charge is 0.407 e. The summed E-state index contributed by atoms with van der Waals surface area (Å²) >= 11 is 0. The maximum atomic E-state index is 11.7. The molecule has 6 heteroatoms. The third kappa shape index (κ3) is 3.05. The van der Waals surface area contributed by atoms with Crippen molar-refractivity contribution in [2.24, 2.45) is 5.41 Å². The van der Waals surface area contributed by atoms with Crippen LogP contribution < -0.4 is 0 Å². The molecule has 0 bridgehead atoms. The van der Waals surface area contributed by atoms with Gasteiger partial charge in [0.2, 0.25) is 0 Å². The first-order valence-corrected chi connectivity index (χ1v) is 10.9. The number of nitrogens with zero attached hydrogens (tertiary/aromatic N) is 1. The van der Waals surface area contributed by atoms with Gasteiger partial charge in [0.1, 0.15) is 0 Å². The van der Waals surface area contributed by atoms with Crippen molar-refractivity contribution in [1.82, 2.24) is 4.90 Å². The molecule has 0 radical (unpaired) electrons. The molecule has 1 aliphatic heterocycles. The second kappa shape index (κ2) is 5.80. The normalized spacial score (nSPS) is 27.3. The number of hydrogen-bond donors (Lipinski definition) is 2. The van der Waals surface area contributed by atoms with Gasteiger partial charge >= 0.3 is 6.09 Å². The zero-order valence-electron chi connectivity index (χ0n) is 15.4. The van der Waals surface area contributed by atoms with E-state index in [0.717, 1.165) is 0 Å². The molecule has 0 spiro atoms. The lowest BCUT2D eigenvalue weighted by Crippen LogP contribution is -2.65. The van der Waals surface area contributed by atoms with Crippen LogP contribution in [0.3, 0.4) is 0 Å². The predicted molar refractivity (Wildman–Crippen MR) is 90.7 cm³/mol. The van der Waals surface area contributed by atoms with E-state index in [1.807, 2.05) is 20.8 Å². The van der Waals surface area contributed by atoms with Gasteiger partial charge in [0.15, 0.2) is 8.32 Å². The van der Waals surface area contributed by atoms with Crippen molar-refractivity contribution in [1.29, 1.82) is 0 Å². The van der Waals surface area contributed by atoms with Crippen LogP contribution in [0.2, 0.25) is 18.1 Å². The number of aliphatic hydroxyl groups excluding tert-OH is 1. The zero-order chi connectivity index (χ0) is 17.6. The molecule has 1 amide bonds. The Morgan fingerprint density at radius 3 is 2.09 bits per heavy atom. The van der Waals surface area contributed by atoms with Crippen molar-refractivity contribution in [3.05, 3.63) is 0 Å². The third-order valence-corrected chi connectivity index (χ3v) is 10.1. The highest BCUT2D eigenvalue weighted by Gasteiger charge is 2.60. The molecule has 0 saturated carbocycles. The molecule has 2 atom stereocenters. The Kier molecular flexibility index (Phi) is 5.13. The second-order valence-corrected chi connectivity index (χ2v) is 13.7. The first kappa shape index (κ1) is 19.5. The molecule has 2 N–H and O–H groups in total. The van der Waals surface area contributed by atoms with E-state index >= 15 is 0 Å². The topological polar surface area (TPSA) is 70.0 Å². The van der Waals surface area contributed by atoms with E-state index in [1.165, 1.54) is 4.90 Å². The van der Waals surface area contributed by atoms with E-state index in [9.17, 15) is 15.0 Å². The van der Waals surface area contributed by atoms with Gasteiger partial charge in [-0.2, -0.15) is 0 Å². The molecule has 0 unspecified atom stereocenters. The molecule has 0 aromatic heterocycles.